The fourth-order valence-electron chi connectivity index (χ4n) is 1.76. The number of hydrogen-bond donors (Lipinski definition) is 1. The lowest BCUT2D eigenvalue weighted by molar-refractivity contribution is 0.340. The van der Waals surface area contributed by atoms with E-state index in [-0.39, 0.29) is 6.04 Å². The molecule has 1 atom stereocenters. The van der Waals surface area contributed by atoms with Gasteiger partial charge in [0.2, 0.25) is 0 Å². The quantitative estimate of drug-likeness (QED) is 0.897. The zero-order valence-electron chi connectivity index (χ0n) is 10.1. The van der Waals surface area contributed by atoms with Crippen LogP contribution in [-0.2, 0) is 0 Å². The van der Waals surface area contributed by atoms with Gasteiger partial charge in [-0.1, -0.05) is 12.1 Å². The van der Waals surface area contributed by atoms with E-state index in [1.54, 1.807) is 11.3 Å². The van der Waals surface area contributed by atoms with Gasteiger partial charge in [-0.3, -0.25) is 0 Å². The Morgan fingerprint density at radius 2 is 1.94 bits per heavy atom. The summed E-state index contributed by atoms with van der Waals surface area (Å²) in [4.78, 5) is 1.29. The minimum atomic E-state index is -0.0457. The maximum Gasteiger partial charge on any atom is 0.119 e. The molecule has 0 fully saturated rings. The van der Waals surface area contributed by atoms with E-state index < -0.39 is 0 Å². The number of ether oxygens (including phenoxy) is 1. The summed E-state index contributed by atoms with van der Waals surface area (Å²) in [5, 5.41) is 2.12. The van der Waals surface area contributed by atoms with Gasteiger partial charge < -0.3 is 10.5 Å². The van der Waals surface area contributed by atoms with E-state index in [0.29, 0.717) is 6.61 Å². The van der Waals surface area contributed by atoms with Gasteiger partial charge in [0.05, 0.1) is 12.6 Å². The molecule has 1 heterocycles. The summed E-state index contributed by atoms with van der Waals surface area (Å²) in [7, 11) is 0. The van der Waals surface area contributed by atoms with E-state index in [0.717, 1.165) is 11.3 Å². The third kappa shape index (κ3) is 2.87. The molecule has 0 aliphatic carbocycles. The molecule has 2 rings (SSSR count). The lowest BCUT2D eigenvalue weighted by Crippen LogP contribution is -2.10. The average Bonchev–Trinajstić information content (AvgIpc) is 2.76. The van der Waals surface area contributed by atoms with Crippen molar-refractivity contribution in [3.8, 4) is 5.75 Å². The van der Waals surface area contributed by atoms with Crippen molar-refractivity contribution in [2.45, 2.75) is 19.9 Å². The van der Waals surface area contributed by atoms with E-state index in [1.165, 1.54) is 10.4 Å². The Balaban J connectivity index is 2.16. The minimum Gasteiger partial charge on any atom is -0.494 e. The zero-order chi connectivity index (χ0) is 12.3. The molecule has 0 saturated heterocycles. The molecule has 0 aliphatic heterocycles. The Morgan fingerprint density at radius 3 is 2.47 bits per heavy atom. The smallest absolute Gasteiger partial charge is 0.119 e. The van der Waals surface area contributed by atoms with Gasteiger partial charge in [0, 0.05) is 4.88 Å². The molecule has 0 spiro atoms. The van der Waals surface area contributed by atoms with Gasteiger partial charge in [-0.05, 0) is 48.6 Å². The standard InChI is InChI=1S/C14H17NOS/c1-3-16-13-6-4-11(5-7-13)14(15)12-8-10(2)17-9-12/h4-9,14H,3,15H2,1-2H3. The van der Waals surface area contributed by atoms with Gasteiger partial charge in [0.25, 0.3) is 0 Å². The summed E-state index contributed by atoms with van der Waals surface area (Å²) in [6.45, 7) is 4.77. The molecule has 0 amide bonds. The second-order valence-corrected chi connectivity index (χ2v) is 5.09. The largest absolute Gasteiger partial charge is 0.494 e. The first kappa shape index (κ1) is 12.1. The van der Waals surface area contributed by atoms with Gasteiger partial charge >= 0.3 is 0 Å². The minimum absolute atomic E-state index is 0.0457. The van der Waals surface area contributed by atoms with Crippen molar-refractivity contribution in [3.63, 3.8) is 0 Å². The van der Waals surface area contributed by atoms with Crippen LogP contribution in [0.3, 0.4) is 0 Å². The molecule has 90 valence electrons. The van der Waals surface area contributed by atoms with E-state index in [4.69, 9.17) is 10.5 Å². The van der Waals surface area contributed by atoms with Gasteiger partial charge in [-0.2, -0.15) is 0 Å². The normalized spacial score (nSPS) is 12.4. The lowest BCUT2D eigenvalue weighted by atomic mass is 10.0. The molecule has 0 radical (unpaired) electrons. The second-order valence-electron chi connectivity index (χ2n) is 3.97. The molecule has 17 heavy (non-hydrogen) atoms. The molecule has 3 heteroatoms. The highest BCUT2D eigenvalue weighted by molar-refractivity contribution is 7.10. The first-order chi connectivity index (χ1) is 8.20. The van der Waals surface area contributed by atoms with Crippen LogP contribution in [0.5, 0.6) is 5.75 Å². The van der Waals surface area contributed by atoms with E-state index >= 15 is 0 Å². The predicted octanol–water partition coefficient (Wildman–Crippen LogP) is 3.50. The molecule has 2 aromatic rings. The SMILES string of the molecule is CCOc1ccc(C(N)c2csc(C)c2)cc1. The highest BCUT2D eigenvalue weighted by Gasteiger charge is 2.10. The van der Waals surface area contributed by atoms with Crippen LogP contribution in [0.15, 0.2) is 35.7 Å². The number of nitrogens with two attached hydrogens (primary N) is 1. The molecule has 1 aromatic carbocycles. The van der Waals surface area contributed by atoms with Crippen molar-refractivity contribution in [3.05, 3.63) is 51.7 Å². The van der Waals surface area contributed by atoms with Gasteiger partial charge in [0.15, 0.2) is 0 Å². The molecule has 0 saturated carbocycles. The summed E-state index contributed by atoms with van der Waals surface area (Å²) in [6.07, 6.45) is 0. The summed E-state index contributed by atoms with van der Waals surface area (Å²) in [5.41, 5.74) is 8.51. The Bertz CT molecular complexity index is 475. The van der Waals surface area contributed by atoms with E-state index in [2.05, 4.69) is 18.4 Å². The summed E-state index contributed by atoms with van der Waals surface area (Å²) < 4.78 is 5.41. The lowest BCUT2D eigenvalue weighted by Gasteiger charge is -2.11. The van der Waals surface area contributed by atoms with Crippen LogP contribution in [-0.4, -0.2) is 6.61 Å². The van der Waals surface area contributed by atoms with Crippen LogP contribution in [0.4, 0.5) is 0 Å². The van der Waals surface area contributed by atoms with Crippen molar-refractivity contribution >= 4 is 11.3 Å². The molecule has 1 unspecified atom stereocenters. The van der Waals surface area contributed by atoms with Crippen molar-refractivity contribution < 1.29 is 4.74 Å². The molecular weight excluding hydrogens is 230 g/mol. The average molecular weight is 247 g/mol. The fraction of sp³-hybridized carbons (Fsp3) is 0.286. The summed E-state index contributed by atoms with van der Waals surface area (Å²) in [6, 6.07) is 10.1. The van der Waals surface area contributed by atoms with Gasteiger partial charge in [-0.15, -0.1) is 11.3 Å². The summed E-state index contributed by atoms with van der Waals surface area (Å²) >= 11 is 1.73. The number of benzene rings is 1. The third-order valence-electron chi connectivity index (χ3n) is 2.66. The Hall–Kier alpha value is -1.32. The predicted molar refractivity (Wildman–Crippen MR) is 72.7 cm³/mol. The topological polar surface area (TPSA) is 35.2 Å². The third-order valence-corrected chi connectivity index (χ3v) is 3.54. The van der Waals surface area contributed by atoms with Crippen LogP contribution in [0.2, 0.25) is 0 Å². The Morgan fingerprint density at radius 1 is 1.24 bits per heavy atom. The first-order valence-electron chi connectivity index (χ1n) is 5.74. The first-order valence-corrected chi connectivity index (χ1v) is 6.62. The molecular formula is C14H17NOS. The van der Waals surface area contributed by atoms with Crippen LogP contribution < -0.4 is 10.5 Å². The maximum atomic E-state index is 6.22. The number of thiophene rings is 1. The highest BCUT2D eigenvalue weighted by Crippen LogP contribution is 2.25. The van der Waals surface area contributed by atoms with Crippen molar-refractivity contribution in [2.24, 2.45) is 5.73 Å². The Labute approximate surface area is 106 Å². The summed E-state index contributed by atoms with van der Waals surface area (Å²) in [5.74, 6) is 0.893. The van der Waals surface area contributed by atoms with Crippen LogP contribution in [0.1, 0.15) is 29.0 Å². The van der Waals surface area contributed by atoms with Crippen LogP contribution in [0, 0.1) is 6.92 Å². The fourth-order valence-corrected chi connectivity index (χ4v) is 2.50. The molecule has 0 aliphatic rings. The molecule has 2 nitrogen and oxygen atoms in total. The number of rotatable bonds is 4. The van der Waals surface area contributed by atoms with Gasteiger partial charge in [-0.25, -0.2) is 0 Å². The van der Waals surface area contributed by atoms with Crippen LogP contribution in [0.25, 0.3) is 0 Å². The van der Waals surface area contributed by atoms with Crippen molar-refractivity contribution in [1.82, 2.24) is 0 Å². The van der Waals surface area contributed by atoms with Crippen molar-refractivity contribution in [2.75, 3.05) is 6.61 Å². The van der Waals surface area contributed by atoms with Gasteiger partial charge in [0.1, 0.15) is 5.75 Å². The number of hydrogen-bond acceptors (Lipinski definition) is 3. The maximum absolute atomic E-state index is 6.22. The Kier molecular flexibility index (Phi) is 3.82. The van der Waals surface area contributed by atoms with Crippen LogP contribution >= 0.6 is 11.3 Å². The molecule has 1 aromatic heterocycles. The zero-order valence-corrected chi connectivity index (χ0v) is 11.0. The highest BCUT2D eigenvalue weighted by atomic mass is 32.1. The number of aryl methyl sites for hydroxylation is 1. The monoisotopic (exact) mass is 247 g/mol. The van der Waals surface area contributed by atoms with E-state index in [1.807, 2.05) is 31.2 Å². The van der Waals surface area contributed by atoms with Crippen molar-refractivity contribution in [1.29, 1.82) is 0 Å². The molecule has 0 bridgehead atoms. The van der Waals surface area contributed by atoms with E-state index in [9.17, 15) is 0 Å². The second kappa shape index (κ2) is 5.34. The molecule has 2 N–H and O–H groups in total.